The summed E-state index contributed by atoms with van der Waals surface area (Å²) in [6.07, 6.45) is 5.40. The van der Waals surface area contributed by atoms with Crippen molar-refractivity contribution in [2.75, 3.05) is 25.1 Å². The molecule has 1 aliphatic heterocycles. The molecule has 0 bridgehead atoms. The number of anilines is 1. The van der Waals surface area contributed by atoms with Crippen LogP contribution in [0.2, 0.25) is 0 Å². The number of ether oxygens (including phenoxy) is 1. The molecule has 0 amide bonds. The fraction of sp³-hybridized carbons (Fsp3) is 0.750. The lowest BCUT2D eigenvalue weighted by atomic mass is 10.0. The molecule has 0 spiro atoms. The Morgan fingerprint density at radius 3 is 2.94 bits per heavy atom. The normalized spacial score (nSPS) is 17.6. The van der Waals surface area contributed by atoms with Crippen molar-refractivity contribution in [3.8, 4) is 0 Å². The van der Waals surface area contributed by atoms with E-state index in [0.717, 1.165) is 37.8 Å². The van der Waals surface area contributed by atoms with Gasteiger partial charge in [0.05, 0.1) is 11.4 Å². The zero-order valence-electron chi connectivity index (χ0n) is 10.2. The molecular formula is C12H21N3O. The third-order valence-corrected chi connectivity index (χ3v) is 3.16. The summed E-state index contributed by atoms with van der Waals surface area (Å²) in [5.41, 5.74) is 2.35. The highest BCUT2D eigenvalue weighted by Crippen LogP contribution is 2.18. The Labute approximate surface area is 97.0 Å². The van der Waals surface area contributed by atoms with Gasteiger partial charge in [-0.25, -0.2) is 0 Å². The number of hydrogen-bond donors (Lipinski definition) is 1. The quantitative estimate of drug-likeness (QED) is 0.846. The van der Waals surface area contributed by atoms with Crippen LogP contribution in [0.1, 0.15) is 25.5 Å². The van der Waals surface area contributed by atoms with Crippen LogP contribution in [-0.2, 0) is 18.2 Å². The fourth-order valence-corrected chi connectivity index (χ4v) is 2.15. The average Bonchev–Trinajstić information content (AvgIpc) is 2.68. The smallest absolute Gasteiger partial charge is 0.0853 e. The van der Waals surface area contributed by atoms with Gasteiger partial charge in [-0.1, -0.05) is 6.92 Å². The van der Waals surface area contributed by atoms with Crippen LogP contribution in [0.5, 0.6) is 0 Å². The highest BCUT2D eigenvalue weighted by molar-refractivity contribution is 5.46. The SMILES string of the molecule is CCc1nn(C)cc1NCC1CCOCC1. The maximum absolute atomic E-state index is 5.36. The molecule has 16 heavy (non-hydrogen) atoms. The molecule has 2 heterocycles. The van der Waals surface area contributed by atoms with Crippen LogP contribution in [0, 0.1) is 5.92 Å². The molecule has 0 radical (unpaired) electrons. The van der Waals surface area contributed by atoms with E-state index in [9.17, 15) is 0 Å². The lowest BCUT2D eigenvalue weighted by Gasteiger charge is -2.22. The van der Waals surface area contributed by atoms with Crippen molar-refractivity contribution < 1.29 is 4.74 Å². The zero-order valence-corrected chi connectivity index (χ0v) is 10.2. The molecule has 0 saturated carbocycles. The van der Waals surface area contributed by atoms with Gasteiger partial charge in [0, 0.05) is 33.0 Å². The topological polar surface area (TPSA) is 39.1 Å². The van der Waals surface area contributed by atoms with Gasteiger partial charge in [0.1, 0.15) is 0 Å². The van der Waals surface area contributed by atoms with E-state index in [1.54, 1.807) is 0 Å². The summed E-state index contributed by atoms with van der Waals surface area (Å²) in [7, 11) is 1.97. The lowest BCUT2D eigenvalue weighted by Crippen LogP contribution is -2.22. The van der Waals surface area contributed by atoms with E-state index in [1.165, 1.54) is 18.5 Å². The number of aromatic nitrogens is 2. The van der Waals surface area contributed by atoms with Crippen molar-refractivity contribution in [1.29, 1.82) is 0 Å². The first-order chi connectivity index (χ1) is 7.79. The summed E-state index contributed by atoms with van der Waals surface area (Å²) in [4.78, 5) is 0. The van der Waals surface area contributed by atoms with Crippen LogP contribution in [-0.4, -0.2) is 29.5 Å². The Kier molecular flexibility index (Phi) is 3.83. The molecule has 0 atom stereocenters. The lowest BCUT2D eigenvalue weighted by molar-refractivity contribution is 0.0699. The average molecular weight is 223 g/mol. The molecule has 90 valence electrons. The molecule has 4 nitrogen and oxygen atoms in total. The molecule has 1 saturated heterocycles. The van der Waals surface area contributed by atoms with E-state index < -0.39 is 0 Å². The number of nitrogens with one attached hydrogen (secondary N) is 1. The molecule has 1 aromatic rings. The predicted molar refractivity (Wildman–Crippen MR) is 64.6 cm³/mol. The van der Waals surface area contributed by atoms with E-state index in [1.807, 2.05) is 11.7 Å². The summed E-state index contributed by atoms with van der Waals surface area (Å²) in [6, 6.07) is 0. The minimum Gasteiger partial charge on any atom is -0.382 e. The fourth-order valence-electron chi connectivity index (χ4n) is 2.15. The maximum Gasteiger partial charge on any atom is 0.0853 e. The van der Waals surface area contributed by atoms with Crippen molar-refractivity contribution in [2.45, 2.75) is 26.2 Å². The highest BCUT2D eigenvalue weighted by atomic mass is 16.5. The number of nitrogens with zero attached hydrogens (tertiary/aromatic N) is 2. The summed E-state index contributed by atoms with van der Waals surface area (Å²) in [6.45, 7) is 5.02. The van der Waals surface area contributed by atoms with Crippen molar-refractivity contribution in [2.24, 2.45) is 13.0 Å². The monoisotopic (exact) mass is 223 g/mol. The first kappa shape index (κ1) is 11.5. The third kappa shape index (κ3) is 2.76. The number of hydrogen-bond acceptors (Lipinski definition) is 3. The molecule has 1 aromatic heterocycles. The van der Waals surface area contributed by atoms with Crippen molar-refractivity contribution >= 4 is 5.69 Å². The molecule has 1 fully saturated rings. The van der Waals surface area contributed by atoms with Crippen LogP contribution >= 0.6 is 0 Å². The molecule has 1 N–H and O–H groups in total. The van der Waals surface area contributed by atoms with Gasteiger partial charge in [-0.2, -0.15) is 5.10 Å². The van der Waals surface area contributed by atoms with Crippen LogP contribution in [0.3, 0.4) is 0 Å². The molecule has 0 aliphatic carbocycles. The van der Waals surface area contributed by atoms with Gasteiger partial charge in [-0.15, -0.1) is 0 Å². The van der Waals surface area contributed by atoms with E-state index in [0.29, 0.717) is 0 Å². The van der Waals surface area contributed by atoms with Gasteiger partial charge in [0.2, 0.25) is 0 Å². The first-order valence-electron chi connectivity index (χ1n) is 6.13. The van der Waals surface area contributed by atoms with Gasteiger partial charge in [0.15, 0.2) is 0 Å². The third-order valence-electron chi connectivity index (χ3n) is 3.16. The largest absolute Gasteiger partial charge is 0.382 e. The minimum absolute atomic E-state index is 0.749. The Balaban J connectivity index is 1.87. The molecule has 0 unspecified atom stereocenters. The van der Waals surface area contributed by atoms with Crippen LogP contribution in [0.4, 0.5) is 5.69 Å². The second-order valence-electron chi connectivity index (χ2n) is 4.45. The van der Waals surface area contributed by atoms with Crippen molar-refractivity contribution in [1.82, 2.24) is 9.78 Å². The van der Waals surface area contributed by atoms with E-state index in [-0.39, 0.29) is 0 Å². The van der Waals surface area contributed by atoms with Crippen LogP contribution < -0.4 is 5.32 Å². The van der Waals surface area contributed by atoms with Crippen LogP contribution in [0.15, 0.2) is 6.20 Å². The predicted octanol–water partition coefficient (Wildman–Crippen LogP) is 1.82. The van der Waals surface area contributed by atoms with E-state index in [2.05, 4.69) is 23.5 Å². The first-order valence-corrected chi connectivity index (χ1v) is 6.13. The van der Waals surface area contributed by atoms with Gasteiger partial charge < -0.3 is 10.1 Å². The highest BCUT2D eigenvalue weighted by Gasteiger charge is 2.14. The second-order valence-corrected chi connectivity index (χ2v) is 4.45. The Morgan fingerprint density at radius 2 is 2.25 bits per heavy atom. The molecule has 1 aliphatic rings. The molecule has 2 rings (SSSR count). The Morgan fingerprint density at radius 1 is 1.50 bits per heavy atom. The van der Waals surface area contributed by atoms with E-state index >= 15 is 0 Å². The van der Waals surface area contributed by atoms with Gasteiger partial charge in [-0.3, -0.25) is 4.68 Å². The van der Waals surface area contributed by atoms with Gasteiger partial charge in [0.25, 0.3) is 0 Å². The summed E-state index contributed by atoms with van der Waals surface area (Å²) >= 11 is 0. The second kappa shape index (κ2) is 5.34. The minimum atomic E-state index is 0.749. The summed E-state index contributed by atoms with van der Waals surface area (Å²) in [5, 5.41) is 7.94. The van der Waals surface area contributed by atoms with E-state index in [4.69, 9.17) is 4.74 Å². The number of aryl methyl sites for hydroxylation is 2. The molecule has 4 heteroatoms. The van der Waals surface area contributed by atoms with Crippen molar-refractivity contribution in [3.05, 3.63) is 11.9 Å². The Hall–Kier alpha value is -1.03. The van der Waals surface area contributed by atoms with Gasteiger partial charge in [-0.05, 0) is 25.2 Å². The summed E-state index contributed by atoms with van der Waals surface area (Å²) in [5.74, 6) is 0.749. The Bertz CT molecular complexity index is 329. The summed E-state index contributed by atoms with van der Waals surface area (Å²) < 4.78 is 7.24. The zero-order chi connectivity index (χ0) is 11.4. The standard InChI is InChI=1S/C12H21N3O/c1-3-11-12(9-15(2)14-11)13-8-10-4-6-16-7-5-10/h9-10,13H,3-8H2,1-2H3. The molecule has 0 aromatic carbocycles. The number of rotatable bonds is 4. The van der Waals surface area contributed by atoms with Crippen molar-refractivity contribution in [3.63, 3.8) is 0 Å². The van der Waals surface area contributed by atoms with Crippen LogP contribution in [0.25, 0.3) is 0 Å². The maximum atomic E-state index is 5.36. The van der Waals surface area contributed by atoms with Gasteiger partial charge >= 0.3 is 0 Å². The molecular weight excluding hydrogens is 202 g/mol.